The van der Waals surface area contributed by atoms with E-state index in [9.17, 15) is 9.18 Å². The fourth-order valence-corrected chi connectivity index (χ4v) is 2.69. The average molecular weight is 308 g/mol. The van der Waals surface area contributed by atoms with Crippen LogP contribution in [0.2, 0.25) is 0 Å². The van der Waals surface area contributed by atoms with E-state index in [0.29, 0.717) is 18.3 Å². The Bertz CT molecular complexity index is 540. The second-order valence-electron chi connectivity index (χ2n) is 7.06. The van der Waals surface area contributed by atoms with Crippen molar-refractivity contribution in [1.29, 1.82) is 0 Å². The fourth-order valence-electron chi connectivity index (χ4n) is 2.69. The van der Waals surface area contributed by atoms with Crippen molar-refractivity contribution in [2.75, 3.05) is 6.61 Å². The first kappa shape index (κ1) is 16.8. The SMILES string of the molecule is Cc1cc(C(=O)OC(C)(C)C)c(F)cc1OCC1CCCC1. The van der Waals surface area contributed by atoms with Gasteiger partial charge in [-0.1, -0.05) is 12.8 Å². The second-order valence-corrected chi connectivity index (χ2v) is 7.06. The lowest BCUT2D eigenvalue weighted by atomic mass is 10.1. The Morgan fingerprint density at radius 3 is 2.50 bits per heavy atom. The van der Waals surface area contributed by atoms with E-state index in [1.54, 1.807) is 20.8 Å². The van der Waals surface area contributed by atoms with E-state index >= 15 is 0 Å². The van der Waals surface area contributed by atoms with Crippen molar-refractivity contribution in [2.24, 2.45) is 5.92 Å². The van der Waals surface area contributed by atoms with E-state index in [0.717, 1.165) is 5.56 Å². The fraction of sp³-hybridized carbons (Fsp3) is 0.611. The number of carbonyl (C=O) groups excluding carboxylic acids is 1. The van der Waals surface area contributed by atoms with E-state index in [1.807, 2.05) is 6.92 Å². The minimum absolute atomic E-state index is 0.0411. The number of carbonyl (C=O) groups is 1. The Hall–Kier alpha value is -1.58. The van der Waals surface area contributed by atoms with Crippen LogP contribution in [0.25, 0.3) is 0 Å². The summed E-state index contributed by atoms with van der Waals surface area (Å²) in [5.41, 5.74) is 0.0654. The highest BCUT2D eigenvalue weighted by Crippen LogP contribution is 2.28. The number of esters is 1. The van der Waals surface area contributed by atoms with Gasteiger partial charge in [0.1, 0.15) is 17.2 Å². The zero-order valence-corrected chi connectivity index (χ0v) is 13.9. The van der Waals surface area contributed by atoms with Gasteiger partial charge in [0.05, 0.1) is 12.2 Å². The van der Waals surface area contributed by atoms with Crippen LogP contribution in [-0.4, -0.2) is 18.2 Å². The molecule has 3 nitrogen and oxygen atoms in total. The van der Waals surface area contributed by atoms with Gasteiger partial charge in [-0.3, -0.25) is 0 Å². The molecule has 0 N–H and O–H groups in total. The summed E-state index contributed by atoms with van der Waals surface area (Å²) in [6, 6.07) is 2.80. The lowest BCUT2D eigenvalue weighted by molar-refractivity contribution is 0.00645. The first-order valence-electron chi connectivity index (χ1n) is 7.92. The normalized spacial score (nSPS) is 15.9. The molecule has 0 atom stereocenters. The molecule has 0 bridgehead atoms. The summed E-state index contributed by atoms with van der Waals surface area (Å²) in [4.78, 5) is 12.0. The second kappa shape index (κ2) is 6.67. The summed E-state index contributed by atoms with van der Waals surface area (Å²) in [7, 11) is 0. The average Bonchev–Trinajstić information content (AvgIpc) is 2.90. The van der Waals surface area contributed by atoms with E-state index in [4.69, 9.17) is 9.47 Å². The summed E-state index contributed by atoms with van der Waals surface area (Å²) in [6.07, 6.45) is 4.85. The largest absolute Gasteiger partial charge is 0.493 e. The molecule has 2 rings (SSSR count). The molecule has 0 aromatic heterocycles. The number of halogens is 1. The molecule has 1 aromatic rings. The van der Waals surface area contributed by atoms with Crippen molar-refractivity contribution in [3.63, 3.8) is 0 Å². The van der Waals surface area contributed by atoms with Crippen molar-refractivity contribution >= 4 is 5.97 Å². The molecule has 1 aromatic carbocycles. The van der Waals surface area contributed by atoms with Crippen molar-refractivity contribution in [3.05, 3.63) is 29.1 Å². The van der Waals surface area contributed by atoms with Crippen LogP contribution in [0.3, 0.4) is 0 Å². The maximum absolute atomic E-state index is 14.2. The Morgan fingerprint density at radius 2 is 1.91 bits per heavy atom. The maximum Gasteiger partial charge on any atom is 0.341 e. The first-order chi connectivity index (χ1) is 10.3. The van der Waals surface area contributed by atoms with Gasteiger partial charge in [0, 0.05) is 6.07 Å². The molecule has 1 aliphatic rings. The van der Waals surface area contributed by atoms with Crippen LogP contribution in [0.5, 0.6) is 5.75 Å². The van der Waals surface area contributed by atoms with Crippen LogP contribution in [0, 0.1) is 18.7 Å². The van der Waals surface area contributed by atoms with Gasteiger partial charge in [0.2, 0.25) is 0 Å². The van der Waals surface area contributed by atoms with Crippen LogP contribution >= 0.6 is 0 Å². The molecule has 0 amide bonds. The summed E-state index contributed by atoms with van der Waals surface area (Å²) >= 11 is 0. The number of rotatable bonds is 4. The number of hydrogen-bond acceptors (Lipinski definition) is 3. The lowest BCUT2D eigenvalue weighted by Crippen LogP contribution is -2.24. The van der Waals surface area contributed by atoms with Crippen molar-refractivity contribution in [3.8, 4) is 5.75 Å². The van der Waals surface area contributed by atoms with Gasteiger partial charge >= 0.3 is 5.97 Å². The quantitative estimate of drug-likeness (QED) is 0.759. The predicted molar refractivity (Wildman–Crippen MR) is 83.8 cm³/mol. The van der Waals surface area contributed by atoms with Gasteiger partial charge in [-0.05, 0) is 58.1 Å². The third-order valence-corrected chi connectivity index (χ3v) is 3.83. The summed E-state index contributed by atoms with van der Waals surface area (Å²) in [5.74, 6) is -0.165. The van der Waals surface area contributed by atoms with Gasteiger partial charge < -0.3 is 9.47 Å². The highest BCUT2D eigenvalue weighted by Gasteiger charge is 2.22. The third kappa shape index (κ3) is 4.46. The molecule has 0 spiro atoms. The Balaban J connectivity index is 2.08. The molecule has 1 aliphatic carbocycles. The molecular weight excluding hydrogens is 283 g/mol. The highest BCUT2D eigenvalue weighted by atomic mass is 19.1. The molecule has 1 fully saturated rings. The zero-order valence-electron chi connectivity index (χ0n) is 13.9. The number of benzene rings is 1. The highest BCUT2D eigenvalue weighted by molar-refractivity contribution is 5.90. The number of ether oxygens (including phenoxy) is 2. The van der Waals surface area contributed by atoms with Crippen molar-refractivity contribution in [1.82, 2.24) is 0 Å². The Morgan fingerprint density at radius 1 is 1.27 bits per heavy atom. The molecule has 0 saturated heterocycles. The van der Waals surface area contributed by atoms with Crippen molar-refractivity contribution in [2.45, 2.75) is 59.0 Å². The minimum atomic E-state index is -0.644. The summed E-state index contributed by atoms with van der Waals surface area (Å²) < 4.78 is 25.1. The van der Waals surface area contributed by atoms with Gasteiger partial charge in [-0.25, -0.2) is 9.18 Å². The van der Waals surface area contributed by atoms with Crippen LogP contribution in [-0.2, 0) is 4.74 Å². The van der Waals surface area contributed by atoms with E-state index in [1.165, 1.54) is 37.8 Å². The van der Waals surface area contributed by atoms with E-state index < -0.39 is 17.4 Å². The van der Waals surface area contributed by atoms with Crippen LogP contribution in [0.4, 0.5) is 4.39 Å². The lowest BCUT2D eigenvalue weighted by Gasteiger charge is -2.20. The monoisotopic (exact) mass is 308 g/mol. The molecule has 0 radical (unpaired) electrons. The Kier molecular flexibility index (Phi) is 5.09. The van der Waals surface area contributed by atoms with E-state index in [2.05, 4.69) is 0 Å². The van der Waals surface area contributed by atoms with Gasteiger partial charge in [-0.15, -0.1) is 0 Å². The smallest absolute Gasteiger partial charge is 0.341 e. The number of hydrogen-bond donors (Lipinski definition) is 0. The molecule has 122 valence electrons. The molecule has 1 saturated carbocycles. The van der Waals surface area contributed by atoms with Gasteiger partial charge in [0.15, 0.2) is 0 Å². The minimum Gasteiger partial charge on any atom is -0.493 e. The van der Waals surface area contributed by atoms with Crippen molar-refractivity contribution < 1.29 is 18.7 Å². The predicted octanol–water partition coefficient (Wildman–Crippen LogP) is 4.66. The molecule has 4 heteroatoms. The zero-order chi connectivity index (χ0) is 16.3. The third-order valence-electron chi connectivity index (χ3n) is 3.83. The van der Waals surface area contributed by atoms with Gasteiger partial charge in [-0.2, -0.15) is 0 Å². The molecule has 0 unspecified atom stereocenters. The molecule has 0 heterocycles. The van der Waals surface area contributed by atoms with Crippen LogP contribution in [0.1, 0.15) is 62.4 Å². The topological polar surface area (TPSA) is 35.5 Å². The number of aryl methyl sites for hydroxylation is 1. The molecule has 22 heavy (non-hydrogen) atoms. The van der Waals surface area contributed by atoms with Crippen LogP contribution < -0.4 is 4.74 Å². The van der Waals surface area contributed by atoms with Crippen LogP contribution in [0.15, 0.2) is 12.1 Å². The maximum atomic E-state index is 14.2. The van der Waals surface area contributed by atoms with E-state index in [-0.39, 0.29) is 5.56 Å². The molecule has 0 aliphatic heterocycles. The first-order valence-corrected chi connectivity index (χ1v) is 7.92. The molecular formula is C18H25FO3. The standard InChI is InChI=1S/C18H25FO3/c1-12-9-14(17(20)22-18(2,3)4)15(19)10-16(12)21-11-13-7-5-6-8-13/h9-10,13H,5-8,11H2,1-4H3. The Labute approximate surface area is 131 Å². The summed E-state index contributed by atoms with van der Waals surface area (Å²) in [5, 5.41) is 0. The summed E-state index contributed by atoms with van der Waals surface area (Å²) in [6.45, 7) is 7.71. The van der Waals surface area contributed by atoms with Gasteiger partial charge in [0.25, 0.3) is 0 Å².